The maximum Gasteiger partial charge on any atom is 0.266 e. The number of anilines is 1. The van der Waals surface area contributed by atoms with E-state index in [1.807, 2.05) is 6.92 Å². The lowest BCUT2D eigenvalue weighted by atomic mass is 10.2. The van der Waals surface area contributed by atoms with Crippen molar-refractivity contribution < 1.29 is 12.8 Å². The van der Waals surface area contributed by atoms with Crippen molar-refractivity contribution in [2.45, 2.75) is 31.8 Å². The average molecular weight is 442 g/mol. The van der Waals surface area contributed by atoms with E-state index in [4.69, 9.17) is 0 Å². The van der Waals surface area contributed by atoms with Gasteiger partial charge in [0, 0.05) is 24.5 Å². The van der Waals surface area contributed by atoms with Crippen LogP contribution in [0.3, 0.4) is 0 Å². The quantitative estimate of drug-likeness (QED) is 0.636. The Bertz CT molecular complexity index is 1040. The zero-order chi connectivity index (χ0) is 18.9. The second-order valence-corrected chi connectivity index (χ2v) is 8.16. The highest BCUT2D eigenvalue weighted by atomic mass is 79.9. The summed E-state index contributed by atoms with van der Waals surface area (Å²) in [5.74, 6) is -0.214. The summed E-state index contributed by atoms with van der Waals surface area (Å²) in [6.45, 7) is 4.25. The number of aromatic nitrogens is 4. The van der Waals surface area contributed by atoms with E-state index in [9.17, 15) is 12.8 Å². The molecule has 0 aliphatic carbocycles. The van der Waals surface area contributed by atoms with Crippen molar-refractivity contribution >= 4 is 31.8 Å². The van der Waals surface area contributed by atoms with Gasteiger partial charge in [-0.2, -0.15) is 10.2 Å². The van der Waals surface area contributed by atoms with Crippen LogP contribution in [0.1, 0.15) is 18.2 Å². The van der Waals surface area contributed by atoms with Crippen LogP contribution in [0, 0.1) is 12.7 Å². The first-order valence-electron chi connectivity index (χ1n) is 7.83. The van der Waals surface area contributed by atoms with Crippen LogP contribution in [0.2, 0.25) is 0 Å². The molecule has 10 heteroatoms. The molecule has 26 heavy (non-hydrogen) atoms. The van der Waals surface area contributed by atoms with Gasteiger partial charge in [-0.15, -0.1) is 0 Å². The summed E-state index contributed by atoms with van der Waals surface area (Å²) >= 11 is 3.29. The molecular weight excluding hydrogens is 425 g/mol. The van der Waals surface area contributed by atoms with Crippen molar-refractivity contribution in [2.75, 3.05) is 4.72 Å². The van der Waals surface area contributed by atoms with Crippen LogP contribution in [0.5, 0.6) is 0 Å². The lowest BCUT2D eigenvalue weighted by Gasteiger charge is -2.05. The van der Waals surface area contributed by atoms with E-state index < -0.39 is 10.0 Å². The van der Waals surface area contributed by atoms with Crippen molar-refractivity contribution in [2.24, 2.45) is 0 Å². The molecular formula is C16H17BrFN5O2S. The summed E-state index contributed by atoms with van der Waals surface area (Å²) in [6, 6.07) is 6.36. The van der Waals surface area contributed by atoms with Gasteiger partial charge in [-0.1, -0.05) is 18.2 Å². The first-order chi connectivity index (χ1) is 12.3. The monoisotopic (exact) mass is 441 g/mol. The van der Waals surface area contributed by atoms with Gasteiger partial charge in [0.15, 0.2) is 5.82 Å². The SMILES string of the molecule is CCn1cc(S(=O)(=O)Nc2nn(Cc3ccccc3F)cc2Br)c(C)n1. The van der Waals surface area contributed by atoms with Crippen molar-refractivity contribution in [1.29, 1.82) is 0 Å². The third-order valence-corrected chi connectivity index (χ3v) is 5.78. The Morgan fingerprint density at radius 3 is 2.58 bits per heavy atom. The summed E-state index contributed by atoms with van der Waals surface area (Å²) in [6.07, 6.45) is 3.06. The number of sulfonamides is 1. The Morgan fingerprint density at radius 2 is 1.92 bits per heavy atom. The fourth-order valence-electron chi connectivity index (χ4n) is 2.46. The summed E-state index contributed by atoms with van der Waals surface area (Å²) in [5.41, 5.74) is 0.859. The molecule has 3 aromatic rings. The van der Waals surface area contributed by atoms with E-state index in [1.165, 1.54) is 16.9 Å². The fraction of sp³-hybridized carbons (Fsp3) is 0.250. The Morgan fingerprint density at radius 1 is 1.19 bits per heavy atom. The normalized spacial score (nSPS) is 11.7. The molecule has 0 saturated heterocycles. The second-order valence-electron chi connectivity index (χ2n) is 5.65. The summed E-state index contributed by atoms with van der Waals surface area (Å²) < 4.78 is 45.0. The molecule has 138 valence electrons. The second kappa shape index (κ2) is 7.20. The van der Waals surface area contributed by atoms with Crippen LogP contribution in [0.15, 0.2) is 46.0 Å². The summed E-state index contributed by atoms with van der Waals surface area (Å²) in [5, 5.41) is 8.35. The molecule has 0 aliphatic rings. The molecule has 0 unspecified atom stereocenters. The van der Waals surface area contributed by atoms with Gasteiger partial charge in [-0.25, -0.2) is 12.8 Å². The highest BCUT2D eigenvalue weighted by Crippen LogP contribution is 2.25. The Labute approximate surface area is 159 Å². The van der Waals surface area contributed by atoms with Crippen LogP contribution >= 0.6 is 15.9 Å². The van der Waals surface area contributed by atoms with Gasteiger partial charge in [0.05, 0.1) is 16.7 Å². The molecule has 0 spiro atoms. The van der Waals surface area contributed by atoms with Crippen LogP contribution < -0.4 is 4.72 Å². The molecule has 2 aromatic heterocycles. The van der Waals surface area contributed by atoms with Crippen LogP contribution in [0.4, 0.5) is 10.2 Å². The van der Waals surface area contributed by atoms with E-state index in [0.29, 0.717) is 22.3 Å². The Kier molecular flexibility index (Phi) is 5.15. The van der Waals surface area contributed by atoms with Gasteiger partial charge in [0.2, 0.25) is 0 Å². The summed E-state index contributed by atoms with van der Waals surface area (Å²) in [7, 11) is -3.84. The molecule has 0 aliphatic heterocycles. The van der Waals surface area contributed by atoms with Crippen molar-refractivity contribution in [1.82, 2.24) is 19.6 Å². The minimum Gasteiger partial charge on any atom is -0.271 e. The number of benzene rings is 1. The minimum atomic E-state index is -3.84. The fourth-order valence-corrected chi connectivity index (χ4v) is 4.21. The number of hydrogen-bond donors (Lipinski definition) is 1. The number of aryl methyl sites for hydroxylation is 2. The van der Waals surface area contributed by atoms with E-state index >= 15 is 0 Å². The maximum atomic E-state index is 13.8. The van der Waals surface area contributed by atoms with Crippen molar-refractivity contribution in [3.8, 4) is 0 Å². The molecule has 0 amide bonds. The molecule has 1 N–H and O–H groups in total. The lowest BCUT2D eigenvalue weighted by molar-refractivity contribution is 0.585. The van der Waals surface area contributed by atoms with Gasteiger partial charge >= 0.3 is 0 Å². The lowest BCUT2D eigenvalue weighted by Crippen LogP contribution is -2.14. The van der Waals surface area contributed by atoms with E-state index in [-0.39, 0.29) is 23.1 Å². The highest BCUT2D eigenvalue weighted by molar-refractivity contribution is 9.10. The number of nitrogens with zero attached hydrogens (tertiary/aromatic N) is 4. The minimum absolute atomic E-state index is 0.0925. The van der Waals surface area contributed by atoms with Gasteiger partial charge in [0.25, 0.3) is 10.0 Å². The molecule has 0 saturated carbocycles. The number of rotatable bonds is 6. The molecule has 0 radical (unpaired) electrons. The van der Waals surface area contributed by atoms with E-state index in [1.54, 1.807) is 36.0 Å². The zero-order valence-corrected chi connectivity index (χ0v) is 16.6. The number of nitrogens with one attached hydrogen (secondary N) is 1. The first-order valence-corrected chi connectivity index (χ1v) is 10.1. The predicted octanol–water partition coefficient (Wildman–Crippen LogP) is 3.16. The zero-order valence-electron chi connectivity index (χ0n) is 14.1. The molecule has 0 fully saturated rings. The molecule has 0 bridgehead atoms. The first kappa shape index (κ1) is 18.6. The Balaban J connectivity index is 1.85. The van der Waals surface area contributed by atoms with Gasteiger partial charge in [-0.05, 0) is 35.8 Å². The molecule has 0 atom stereocenters. The topological polar surface area (TPSA) is 81.8 Å². The average Bonchev–Trinajstić information content (AvgIpc) is 3.12. The standard InChI is InChI=1S/C16H17BrFN5O2S/c1-3-22-10-15(11(2)19-22)26(24,25)21-16-13(17)9-23(20-16)8-12-6-4-5-7-14(12)18/h4-7,9-10H,3,8H2,1-2H3,(H,20,21). The van der Waals surface area contributed by atoms with E-state index in [2.05, 4.69) is 30.8 Å². The maximum absolute atomic E-state index is 13.8. The van der Waals surface area contributed by atoms with Crippen LogP contribution in [0.25, 0.3) is 0 Å². The molecule has 2 heterocycles. The molecule has 3 rings (SSSR count). The van der Waals surface area contributed by atoms with Crippen LogP contribution in [-0.2, 0) is 23.1 Å². The van der Waals surface area contributed by atoms with Crippen molar-refractivity contribution in [3.05, 3.63) is 58.2 Å². The largest absolute Gasteiger partial charge is 0.271 e. The number of halogens is 2. The predicted molar refractivity (Wildman–Crippen MR) is 98.9 cm³/mol. The highest BCUT2D eigenvalue weighted by Gasteiger charge is 2.23. The Hall–Kier alpha value is -2.20. The molecule has 1 aromatic carbocycles. The van der Waals surface area contributed by atoms with Gasteiger partial charge in [-0.3, -0.25) is 14.1 Å². The van der Waals surface area contributed by atoms with Gasteiger partial charge < -0.3 is 0 Å². The third-order valence-electron chi connectivity index (χ3n) is 3.75. The smallest absolute Gasteiger partial charge is 0.266 e. The number of hydrogen-bond acceptors (Lipinski definition) is 4. The van der Waals surface area contributed by atoms with Crippen LogP contribution in [-0.4, -0.2) is 28.0 Å². The van der Waals surface area contributed by atoms with E-state index in [0.717, 1.165) is 0 Å². The third kappa shape index (κ3) is 3.80. The molecule has 7 nitrogen and oxygen atoms in total. The van der Waals surface area contributed by atoms with Crippen molar-refractivity contribution in [3.63, 3.8) is 0 Å². The summed E-state index contributed by atoms with van der Waals surface area (Å²) in [4.78, 5) is 0.0925. The van der Waals surface area contributed by atoms with Gasteiger partial charge in [0.1, 0.15) is 10.7 Å².